The normalized spacial score (nSPS) is 14.2. The Morgan fingerprint density at radius 2 is 1.89 bits per heavy atom. The van der Waals surface area contributed by atoms with E-state index in [1.54, 1.807) is 29.3 Å². The minimum Gasteiger partial charge on any atom is -0.491 e. The highest BCUT2D eigenvalue weighted by Crippen LogP contribution is 2.31. The first-order valence-corrected chi connectivity index (χ1v) is 11.5. The highest BCUT2D eigenvalue weighted by molar-refractivity contribution is 6.05. The third-order valence-electron chi connectivity index (χ3n) is 6.65. The van der Waals surface area contributed by atoms with Gasteiger partial charge in [0.2, 0.25) is 0 Å². The lowest BCUT2D eigenvalue weighted by Gasteiger charge is -2.29. The van der Waals surface area contributed by atoms with Crippen LogP contribution in [0.3, 0.4) is 0 Å². The van der Waals surface area contributed by atoms with E-state index in [-0.39, 0.29) is 59.9 Å². The number of fused-ring (bicyclic) bond motifs is 2. The van der Waals surface area contributed by atoms with Crippen LogP contribution in [-0.4, -0.2) is 58.4 Å². The number of carbonyl (C=O) groups is 1. The molecule has 5 rings (SSSR count). The van der Waals surface area contributed by atoms with Crippen molar-refractivity contribution in [2.75, 3.05) is 27.3 Å². The summed E-state index contributed by atoms with van der Waals surface area (Å²) < 4.78 is 27.6. The van der Waals surface area contributed by atoms with Crippen LogP contribution in [0.25, 0.3) is 27.5 Å². The van der Waals surface area contributed by atoms with E-state index in [0.29, 0.717) is 11.3 Å². The SMILES string of the molecule is COc1cc2c(=O)n(-c3ccc4c(C#N)cn(C)c4c3)cc(C(=O)N3CCC(F)CC3)c2nc1OC. The van der Waals surface area contributed by atoms with E-state index in [1.807, 2.05) is 11.6 Å². The van der Waals surface area contributed by atoms with Crippen LogP contribution in [-0.2, 0) is 7.05 Å². The summed E-state index contributed by atoms with van der Waals surface area (Å²) in [6, 6.07) is 8.99. The maximum absolute atomic E-state index is 13.7. The summed E-state index contributed by atoms with van der Waals surface area (Å²) in [5, 5.41) is 10.4. The number of methoxy groups -OCH3 is 2. The van der Waals surface area contributed by atoms with Crippen LogP contribution < -0.4 is 15.0 Å². The number of benzene rings is 1. The Morgan fingerprint density at radius 1 is 1.14 bits per heavy atom. The first-order chi connectivity index (χ1) is 17.4. The monoisotopic (exact) mass is 489 g/mol. The molecule has 1 aliphatic rings. The number of hydrogen-bond donors (Lipinski definition) is 0. The van der Waals surface area contributed by atoms with Gasteiger partial charge in [-0.1, -0.05) is 0 Å². The number of amides is 1. The number of nitriles is 1. The van der Waals surface area contributed by atoms with Crippen LogP contribution >= 0.6 is 0 Å². The van der Waals surface area contributed by atoms with Gasteiger partial charge in [0.1, 0.15) is 12.2 Å². The predicted molar refractivity (Wildman–Crippen MR) is 132 cm³/mol. The molecule has 1 amide bonds. The van der Waals surface area contributed by atoms with Crippen LogP contribution in [0.1, 0.15) is 28.8 Å². The highest BCUT2D eigenvalue weighted by atomic mass is 19.1. The number of pyridine rings is 2. The zero-order chi connectivity index (χ0) is 25.6. The van der Waals surface area contributed by atoms with Gasteiger partial charge < -0.3 is 18.9 Å². The second-order valence-electron chi connectivity index (χ2n) is 8.75. The van der Waals surface area contributed by atoms with Crippen LogP contribution in [0.5, 0.6) is 11.6 Å². The largest absolute Gasteiger partial charge is 0.491 e. The number of alkyl halides is 1. The third-order valence-corrected chi connectivity index (χ3v) is 6.65. The van der Waals surface area contributed by atoms with Gasteiger partial charge in [-0.2, -0.15) is 5.26 Å². The van der Waals surface area contributed by atoms with E-state index in [2.05, 4.69) is 11.1 Å². The molecule has 0 saturated carbocycles. The van der Waals surface area contributed by atoms with Crippen LogP contribution in [0.2, 0.25) is 0 Å². The van der Waals surface area contributed by atoms with Crippen molar-refractivity contribution in [3.63, 3.8) is 0 Å². The van der Waals surface area contributed by atoms with Crippen molar-refractivity contribution >= 4 is 27.7 Å². The Bertz CT molecular complexity index is 1610. The van der Waals surface area contributed by atoms with Crippen molar-refractivity contribution < 1.29 is 18.7 Å². The maximum Gasteiger partial charge on any atom is 0.264 e. The van der Waals surface area contributed by atoms with E-state index >= 15 is 0 Å². The smallest absolute Gasteiger partial charge is 0.264 e. The van der Waals surface area contributed by atoms with E-state index < -0.39 is 11.7 Å². The maximum atomic E-state index is 13.7. The van der Waals surface area contributed by atoms with Crippen molar-refractivity contribution in [1.82, 2.24) is 19.0 Å². The Labute approximate surface area is 205 Å². The summed E-state index contributed by atoms with van der Waals surface area (Å²) in [5.41, 5.74) is 1.80. The molecule has 3 aromatic heterocycles. The number of piperidine rings is 1. The highest BCUT2D eigenvalue weighted by Gasteiger charge is 2.27. The summed E-state index contributed by atoms with van der Waals surface area (Å²) in [5.74, 6) is 0.0630. The molecule has 1 aromatic carbocycles. The Kier molecular flexibility index (Phi) is 5.84. The van der Waals surface area contributed by atoms with Crippen LogP contribution in [0, 0.1) is 11.3 Å². The molecule has 1 saturated heterocycles. The Balaban J connectivity index is 1.76. The summed E-state index contributed by atoms with van der Waals surface area (Å²) >= 11 is 0. The first kappa shape index (κ1) is 23.4. The van der Waals surface area contributed by atoms with Gasteiger partial charge >= 0.3 is 0 Å². The lowest BCUT2D eigenvalue weighted by Crippen LogP contribution is -2.39. The standard InChI is InChI=1S/C26H24FN5O4/c1-30-13-15(12-28)18-5-4-17(10-21(18)30)32-14-20(25(33)31-8-6-16(27)7-9-31)23-19(26(32)34)11-22(35-2)24(29-23)36-3/h4-5,10-11,13-14,16H,6-9H2,1-3H3. The van der Waals surface area contributed by atoms with Crippen LogP contribution in [0.4, 0.5) is 4.39 Å². The van der Waals surface area contributed by atoms with Gasteiger partial charge in [0, 0.05) is 44.0 Å². The number of rotatable bonds is 4. The van der Waals surface area contributed by atoms with Crippen molar-refractivity contribution in [3.8, 4) is 23.4 Å². The number of aryl methyl sites for hydroxylation is 1. The molecule has 9 nitrogen and oxygen atoms in total. The lowest BCUT2D eigenvalue weighted by atomic mass is 10.1. The van der Waals surface area contributed by atoms with Crippen molar-refractivity contribution in [1.29, 1.82) is 5.26 Å². The average molecular weight is 490 g/mol. The molecule has 0 aliphatic carbocycles. The van der Waals surface area contributed by atoms with E-state index in [9.17, 15) is 19.2 Å². The van der Waals surface area contributed by atoms with E-state index in [1.165, 1.54) is 31.0 Å². The number of aromatic nitrogens is 3. The molecule has 4 heterocycles. The quantitative estimate of drug-likeness (QED) is 0.436. The molecule has 0 N–H and O–H groups in total. The van der Waals surface area contributed by atoms with E-state index in [4.69, 9.17) is 9.47 Å². The van der Waals surface area contributed by atoms with Gasteiger partial charge in [0.25, 0.3) is 17.3 Å². The fourth-order valence-electron chi connectivity index (χ4n) is 4.70. The molecule has 0 bridgehead atoms. The zero-order valence-corrected chi connectivity index (χ0v) is 20.1. The summed E-state index contributed by atoms with van der Waals surface area (Å²) in [4.78, 5) is 33.3. The van der Waals surface area contributed by atoms with Crippen molar-refractivity contribution in [2.45, 2.75) is 19.0 Å². The Hall–Kier alpha value is -4.39. The van der Waals surface area contributed by atoms with E-state index in [0.717, 1.165) is 10.9 Å². The van der Waals surface area contributed by atoms with Gasteiger partial charge in [0.15, 0.2) is 5.75 Å². The number of hydrogen-bond acceptors (Lipinski definition) is 6. The molecule has 0 spiro atoms. The molecule has 1 fully saturated rings. The molecular formula is C26H24FN5O4. The zero-order valence-electron chi connectivity index (χ0n) is 20.1. The van der Waals surface area contributed by atoms with Gasteiger partial charge in [-0.15, -0.1) is 0 Å². The number of nitrogens with zero attached hydrogens (tertiary/aromatic N) is 5. The van der Waals surface area contributed by atoms with Gasteiger partial charge in [-0.05, 0) is 31.0 Å². The molecule has 1 aliphatic heterocycles. The average Bonchev–Trinajstić information content (AvgIpc) is 3.23. The molecule has 0 unspecified atom stereocenters. The van der Waals surface area contributed by atoms with Gasteiger partial charge in [0.05, 0.1) is 47.5 Å². The summed E-state index contributed by atoms with van der Waals surface area (Å²) in [6.45, 7) is 0.556. The van der Waals surface area contributed by atoms with Crippen molar-refractivity contribution in [3.05, 3.63) is 58.1 Å². The number of carbonyl (C=O) groups excluding carboxylic acids is 1. The molecule has 4 aromatic rings. The molecule has 0 atom stereocenters. The summed E-state index contributed by atoms with van der Waals surface area (Å²) in [7, 11) is 4.69. The fraction of sp³-hybridized carbons (Fsp3) is 0.308. The molecular weight excluding hydrogens is 465 g/mol. The number of halogens is 1. The first-order valence-electron chi connectivity index (χ1n) is 11.5. The minimum atomic E-state index is -0.933. The van der Waals surface area contributed by atoms with Gasteiger partial charge in [-0.3, -0.25) is 14.2 Å². The third kappa shape index (κ3) is 3.73. The second kappa shape index (κ2) is 9.00. The Morgan fingerprint density at radius 3 is 2.56 bits per heavy atom. The molecule has 184 valence electrons. The molecule has 10 heteroatoms. The molecule has 36 heavy (non-hydrogen) atoms. The molecule has 0 radical (unpaired) electrons. The number of likely N-dealkylation sites (tertiary alicyclic amines) is 1. The lowest BCUT2D eigenvalue weighted by molar-refractivity contribution is 0.0668. The van der Waals surface area contributed by atoms with Crippen LogP contribution in [0.15, 0.2) is 41.5 Å². The topological polar surface area (TPSA) is 102 Å². The van der Waals surface area contributed by atoms with Gasteiger partial charge in [-0.25, -0.2) is 9.37 Å². The fourth-order valence-corrected chi connectivity index (χ4v) is 4.70. The van der Waals surface area contributed by atoms with Crippen molar-refractivity contribution in [2.24, 2.45) is 7.05 Å². The predicted octanol–water partition coefficient (Wildman–Crippen LogP) is 3.34. The minimum absolute atomic E-state index is 0.146. The second-order valence-corrected chi connectivity index (χ2v) is 8.75. The number of ether oxygens (including phenoxy) is 2. The summed E-state index contributed by atoms with van der Waals surface area (Å²) in [6.07, 6.45) is 2.79.